The van der Waals surface area contributed by atoms with Crippen molar-refractivity contribution in [1.82, 2.24) is 19.2 Å². The molecule has 3 aromatic heterocycles. The average molecular weight is 479 g/mol. The number of fused-ring (bicyclic) bond motifs is 4. The van der Waals surface area contributed by atoms with E-state index in [1.807, 2.05) is 28.8 Å². The molecule has 0 saturated heterocycles. The molecular weight excluding hydrogens is 452 g/mol. The van der Waals surface area contributed by atoms with Crippen molar-refractivity contribution in [1.29, 1.82) is 0 Å². The summed E-state index contributed by atoms with van der Waals surface area (Å²) in [6, 6.07) is 22.9. The van der Waals surface area contributed by atoms with Crippen LogP contribution in [0.5, 0.6) is 17.2 Å². The molecule has 7 heteroatoms. The molecule has 3 aromatic carbocycles. The summed E-state index contributed by atoms with van der Waals surface area (Å²) >= 11 is 0. The van der Waals surface area contributed by atoms with Crippen LogP contribution in [-0.2, 0) is 6.54 Å². The van der Waals surface area contributed by atoms with E-state index in [4.69, 9.17) is 19.3 Å². The van der Waals surface area contributed by atoms with E-state index in [1.54, 1.807) is 27.5 Å². The van der Waals surface area contributed by atoms with Crippen LogP contribution in [-0.4, -0.2) is 40.5 Å². The van der Waals surface area contributed by atoms with Gasteiger partial charge in [0.1, 0.15) is 0 Å². The van der Waals surface area contributed by atoms with Crippen molar-refractivity contribution in [2.75, 3.05) is 21.3 Å². The molecule has 0 fully saturated rings. The minimum Gasteiger partial charge on any atom is -0.493 e. The quantitative estimate of drug-likeness (QED) is 0.285. The Morgan fingerprint density at radius 1 is 0.750 bits per heavy atom. The number of ether oxygens (including phenoxy) is 3. The summed E-state index contributed by atoms with van der Waals surface area (Å²) in [6.45, 7) is 3.07. The summed E-state index contributed by atoms with van der Waals surface area (Å²) in [5.74, 6) is 1.72. The van der Waals surface area contributed by atoms with Crippen molar-refractivity contribution in [2.45, 2.75) is 13.5 Å². The molecule has 0 amide bonds. The van der Waals surface area contributed by atoms with Gasteiger partial charge in [-0.3, -0.25) is 0 Å². The zero-order valence-electron chi connectivity index (χ0n) is 20.6. The van der Waals surface area contributed by atoms with E-state index in [1.165, 1.54) is 21.8 Å². The lowest BCUT2D eigenvalue weighted by Crippen LogP contribution is -1.99. The van der Waals surface area contributed by atoms with Gasteiger partial charge in [0.25, 0.3) is 0 Å². The molecule has 0 N–H and O–H groups in total. The first kappa shape index (κ1) is 22.0. The summed E-state index contributed by atoms with van der Waals surface area (Å²) < 4.78 is 20.8. The maximum Gasteiger partial charge on any atom is 0.203 e. The second-order valence-corrected chi connectivity index (χ2v) is 8.54. The molecule has 7 nitrogen and oxygen atoms in total. The first-order valence-electron chi connectivity index (χ1n) is 11.8. The Morgan fingerprint density at radius 3 is 2.22 bits per heavy atom. The lowest BCUT2D eigenvalue weighted by atomic mass is 10.1. The lowest BCUT2D eigenvalue weighted by Gasteiger charge is -2.14. The third kappa shape index (κ3) is 3.27. The standard InChI is InChI=1S/C29H26N4O3/c1-5-32-24-9-7-6-8-20(24)21-11-10-18(14-25(21)32)22-17-28-30-13-12-23(33(28)31-22)19-15-26(34-2)29(36-4)27(16-19)35-3/h6-17H,5H2,1-4H3. The molecule has 0 aliphatic heterocycles. The number of aromatic nitrogens is 4. The molecule has 0 radical (unpaired) electrons. The highest BCUT2D eigenvalue weighted by Gasteiger charge is 2.18. The lowest BCUT2D eigenvalue weighted by molar-refractivity contribution is 0.324. The average Bonchev–Trinajstić information content (AvgIpc) is 3.50. The second-order valence-electron chi connectivity index (χ2n) is 8.54. The highest BCUT2D eigenvalue weighted by atomic mass is 16.5. The second kappa shape index (κ2) is 8.61. The van der Waals surface area contributed by atoms with Crippen molar-refractivity contribution >= 4 is 27.5 Å². The number of methoxy groups -OCH3 is 3. The van der Waals surface area contributed by atoms with Crippen molar-refractivity contribution in [2.24, 2.45) is 0 Å². The molecule has 0 spiro atoms. The molecule has 3 heterocycles. The Morgan fingerprint density at radius 2 is 1.50 bits per heavy atom. The van der Waals surface area contributed by atoms with Gasteiger partial charge in [-0.1, -0.05) is 30.3 Å². The van der Waals surface area contributed by atoms with Crippen LogP contribution in [0.15, 0.2) is 72.9 Å². The topological polar surface area (TPSA) is 62.8 Å². The van der Waals surface area contributed by atoms with Crippen LogP contribution in [0.1, 0.15) is 6.92 Å². The molecule has 0 atom stereocenters. The van der Waals surface area contributed by atoms with Crippen LogP contribution in [0.3, 0.4) is 0 Å². The predicted molar refractivity (Wildman–Crippen MR) is 142 cm³/mol. The normalized spacial score (nSPS) is 11.4. The maximum absolute atomic E-state index is 5.56. The van der Waals surface area contributed by atoms with Gasteiger partial charge in [-0.2, -0.15) is 5.10 Å². The highest BCUT2D eigenvalue weighted by Crippen LogP contribution is 2.41. The highest BCUT2D eigenvalue weighted by molar-refractivity contribution is 6.09. The van der Waals surface area contributed by atoms with E-state index in [0.29, 0.717) is 17.2 Å². The molecule has 36 heavy (non-hydrogen) atoms. The number of hydrogen-bond donors (Lipinski definition) is 0. The van der Waals surface area contributed by atoms with E-state index < -0.39 is 0 Å². The molecule has 0 unspecified atom stereocenters. The van der Waals surface area contributed by atoms with Gasteiger partial charge in [-0.25, -0.2) is 9.50 Å². The number of para-hydroxylation sites is 1. The van der Waals surface area contributed by atoms with Crippen LogP contribution < -0.4 is 14.2 Å². The smallest absolute Gasteiger partial charge is 0.203 e. The molecule has 180 valence electrons. The number of nitrogens with zero attached hydrogens (tertiary/aromatic N) is 4. The summed E-state index contributed by atoms with van der Waals surface area (Å²) in [4.78, 5) is 4.57. The third-order valence-corrected chi connectivity index (χ3v) is 6.70. The predicted octanol–water partition coefficient (Wildman–Crippen LogP) is 6.22. The van der Waals surface area contributed by atoms with Gasteiger partial charge in [0, 0.05) is 51.7 Å². The largest absolute Gasteiger partial charge is 0.493 e. The van der Waals surface area contributed by atoms with Crippen molar-refractivity contribution in [3.8, 4) is 39.8 Å². The summed E-state index contributed by atoms with van der Waals surface area (Å²) in [5, 5.41) is 7.47. The van der Waals surface area contributed by atoms with Crippen LogP contribution >= 0.6 is 0 Å². The van der Waals surface area contributed by atoms with Gasteiger partial charge in [-0.05, 0) is 37.3 Å². The van der Waals surface area contributed by atoms with Gasteiger partial charge in [0.05, 0.1) is 32.7 Å². The Labute approximate surface area is 208 Å². The molecule has 6 aromatic rings. The maximum atomic E-state index is 5.56. The number of hydrogen-bond acceptors (Lipinski definition) is 5. The molecule has 0 aliphatic rings. The Bertz CT molecular complexity index is 1720. The molecule has 6 rings (SSSR count). The van der Waals surface area contributed by atoms with Crippen LogP contribution in [0.25, 0.3) is 50.0 Å². The van der Waals surface area contributed by atoms with Crippen molar-refractivity contribution in [3.63, 3.8) is 0 Å². The van der Waals surface area contributed by atoms with Crippen LogP contribution in [0.4, 0.5) is 0 Å². The fourth-order valence-corrected chi connectivity index (χ4v) is 5.03. The molecular formula is C29H26N4O3. The number of rotatable bonds is 6. The minimum atomic E-state index is 0.551. The van der Waals surface area contributed by atoms with E-state index in [0.717, 1.165) is 34.7 Å². The minimum absolute atomic E-state index is 0.551. The molecule has 0 aliphatic carbocycles. The SMILES string of the molecule is CCn1c2ccccc2c2ccc(-c3cc4nccc(-c5cc(OC)c(OC)c(OC)c5)n4n3)cc21. The first-order chi connectivity index (χ1) is 17.7. The van der Waals surface area contributed by atoms with Gasteiger partial charge in [0.15, 0.2) is 17.1 Å². The Balaban J connectivity index is 1.52. The van der Waals surface area contributed by atoms with Gasteiger partial charge >= 0.3 is 0 Å². The van der Waals surface area contributed by atoms with Gasteiger partial charge < -0.3 is 18.8 Å². The van der Waals surface area contributed by atoms with E-state index >= 15 is 0 Å². The molecule has 0 saturated carbocycles. The van der Waals surface area contributed by atoms with E-state index in [2.05, 4.69) is 58.9 Å². The summed E-state index contributed by atoms with van der Waals surface area (Å²) in [5.41, 5.74) is 6.85. The number of benzene rings is 3. The molecule has 0 bridgehead atoms. The summed E-state index contributed by atoms with van der Waals surface area (Å²) in [6.07, 6.45) is 1.79. The van der Waals surface area contributed by atoms with Crippen molar-refractivity contribution in [3.05, 3.63) is 72.9 Å². The zero-order chi connectivity index (χ0) is 24.8. The van der Waals surface area contributed by atoms with Crippen molar-refractivity contribution < 1.29 is 14.2 Å². The third-order valence-electron chi connectivity index (χ3n) is 6.70. The monoisotopic (exact) mass is 478 g/mol. The zero-order valence-corrected chi connectivity index (χ0v) is 20.6. The Kier molecular flexibility index (Phi) is 5.25. The number of aryl methyl sites for hydroxylation is 1. The van der Waals surface area contributed by atoms with Gasteiger partial charge in [0.2, 0.25) is 5.75 Å². The van der Waals surface area contributed by atoms with E-state index in [9.17, 15) is 0 Å². The first-order valence-corrected chi connectivity index (χ1v) is 11.8. The van der Waals surface area contributed by atoms with Gasteiger partial charge in [-0.15, -0.1) is 0 Å². The van der Waals surface area contributed by atoms with Crippen LogP contribution in [0, 0.1) is 0 Å². The fourth-order valence-electron chi connectivity index (χ4n) is 5.03. The fraction of sp³-hybridized carbons (Fsp3) is 0.172. The van der Waals surface area contributed by atoms with Crippen LogP contribution in [0.2, 0.25) is 0 Å². The van der Waals surface area contributed by atoms with E-state index in [-0.39, 0.29) is 0 Å². The Hall–Kier alpha value is -4.52. The summed E-state index contributed by atoms with van der Waals surface area (Å²) in [7, 11) is 4.82.